The predicted molar refractivity (Wildman–Crippen MR) is 126 cm³/mol. The highest BCUT2D eigenvalue weighted by Gasteiger charge is 2.40. The maximum atomic E-state index is 13.9. The van der Waals surface area contributed by atoms with E-state index in [0.29, 0.717) is 17.0 Å². The minimum Gasteiger partial charge on any atom is -0.270 e. The quantitative estimate of drug-likeness (QED) is 0.174. The van der Waals surface area contributed by atoms with E-state index in [9.17, 15) is 40.3 Å². The fourth-order valence-corrected chi connectivity index (χ4v) is 4.53. The van der Waals surface area contributed by atoms with Gasteiger partial charge in [0.05, 0.1) is 39.2 Å². The third-order valence-corrected chi connectivity index (χ3v) is 6.40. The van der Waals surface area contributed by atoms with E-state index in [0.717, 1.165) is 30.3 Å². The van der Waals surface area contributed by atoms with Crippen LogP contribution in [0.15, 0.2) is 60.7 Å². The van der Waals surface area contributed by atoms with E-state index in [4.69, 9.17) is 23.2 Å². The first kappa shape index (κ1) is 27.7. The van der Waals surface area contributed by atoms with Crippen LogP contribution in [0.1, 0.15) is 48.9 Å². The maximum Gasteiger partial charge on any atom is 0.416 e. The van der Waals surface area contributed by atoms with Gasteiger partial charge in [-0.2, -0.15) is 26.3 Å². The van der Waals surface area contributed by atoms with Crippen molar-refractivity contribution < 1.29 is 40.3 Å². The number of amides is 2. The first-order valence-corrected chi connectivity index (χ1v) is 11.5. The van der Waals surface area contributed by atoms with Crippen LogP contribution in [0.5, 0.6) is 0 Å². The number of imide groups is 1. The molecule has 3 aromatic rings. The molecule has 1 unspecified atom stereocenters. The van der Waals surface area contributed by atoms with Crippen molar-refractivity contribution in [1.29, 1.82) is 0 Å². The zero-order chi connectivity index (χ0) is 28.0. The minimum atomic E-state index is -4.95. The average Bonchev–Trinajstić information content (AvgIpc) is 3.07. The molecule has 0 bridgehead atoms. The van der Waals surface area contributed by atoms with Gasteiger partial charge in [-0.3, -0.25) is 14.5 Å². The third kappa shape index (κ3) is 5.42. The van der Waals surface area contributed by atoms with Crippen LogP contribution in [0.2, 0.25) is 10.0 Å². The van der Waals surface area contributed by atoms with Gasteiger partial charge in [-0.25, -0.2) is 4.39 Å². The van der Waals surface area contributed by atoms with Gasteiger partial charge < -0.3 is 0 Å². The fourth-order valence-electron chi connectivity index (χ4n) is 4.02. The Balaban J connectivity index is 1.68. The minimum absolute atomic E-state index is 0.0600. The highest BCUT2D eigenvalue weighted by atomic mass is 35.5. The molecule has 0 N–H and O–H groups in total. The van der Waals surface area contributed by atoms with Crippen molar-refractivity contribution in [3.05, 3.63) is 110 Å². The zero-order valence-electron chi connectivity index (χ0n) is 18.8. The summed E-state index contributed by atoms with van der Waals surface area (Å²) in [6.07, 6.45) is -8.43. The number of carbonyl (C=O) groups is 2. The Morgan fingerprint density at radius 3 is 1.89 bits per heavy atom. The van der Waals surface area contributed by atoms with Gasteiger partial charge in [-0.15, -0.1) is 0 Å². The van der Waals surface area contributed by atoms with Gasteiger partial charge in [-0.1, -0.05) is 59.6 Å². The number of alkyl halides is 6. The summed E-state index contributed by atoms with van der Waals surface area (Å²) in [4.78, 5) is 25.8. The molecule has 198 valence electrons. The predicted octanol–water partition coefficient (Wildman–Crippen LogP) is 8.31. The molecule has 4 rings (SSSR count). The molecule has 1 aliphatic rings. The smallest absolute Gasteiger partial charge is 0.270 e. The summed E-state index contributed by atoms with van der Waals surface area (Å²) in [6.45, 7) is -0.692. The summed E-state index contributed by atoms with van der Waals surface area (Å²) in [6, 6.07) is 9.98. The van der Waals surface area contributed by atoms with Crippen molar-refractivity contribution in [2.45, 2.75) is 24.8 Å². The highest BCUT2D eigenvalue weighted by molar-refractivity contribution is 6.35. The van der Waals surface area contributed by atoms with Gasteiger partial charge in [0.15, 0.2) is 5.82 Å². The van der Waals surface area contributed by atoms with Crippen LogP contribution in [-0.4, -0.2) is 22.9 Å². The lowest BCUT2D eigenvalue weighted by Crippen LogP contribution is -2.30. The maximum absolute atomic E-state index is 13.9. The lowest BCUT2D eigenvalue weighted by Gasteiger charge is -2.19. The van der Waals surface area contributed by atoms with E-state index in [2.05, 4.69) is 0 Å². The number of carbonyl (C=O) groups excluding carboxylic acids is 2. The van der Waals surface area contributed by atoms with Gasteiger partial charge in [0, 0.05) is 0 Å². The van der Waals surface area contributed by atoms with Crippen molar-refractivity contribution in [2.24, 2.45) is 0 Å². The Labute approximate surface area is 221 Å². The first-order chi connectivity index (χ1) is 17.7. The van der Waals surface area contributed by atoms with E-state index >= 15 is 0 Å². The Kier molecular flexibility index (Phi) is 7.33. The number of hydrogen-bond acceptors (Lipinski definition) is 2. The molecule has 3 aromatic carbocycles. The molecule has 0 saturated heterocycles. The summed E-state index contributed by atoms with van der Waals surface area (Å²) in [5, 5.41) is -1.29. The molecule has 2 amide bonds. The molecular formula is C26H14Cl2F7NO2. The SMILES string of the molecule is O=C1c2ccccc2C(=O)N1Cc1ccc(C=CC(c2cc(Cl)c(F)c(Cl)c2)C(F)(F)F)cc1C(F)(F)F. The molecule has 0 saturated carbocycles. The number of hydrogen-bond donors (Lipinski definition) is 0. The highest BCUT2D eigenvalue weighted by Crippen LogP contribution is 2.40. The van der Waals surface area contributed by atoms with Gasteiger partial charge >= 0.3 is 12.4 Å². The number of rotatable bonds is 5. The molecule has 0 aliphatic carbocycles. The van der Waals surface area contributed by atoms with Crippen molar-refractivity contribution in [3.63, 3.8) is 0 Å². The van der Waals surface area contributed by atoms with E-state index in [1.54, 1.807) is 0 Å². The van der Waals surface area contributed by atoms with Crippen LogP contribution in [0.3, 0.4) is 0 Å². The summed E-state index contributed by atoms with van der Waals surface area (Å²) in [5.41, 5.74) is -2.28. The lowest BCUT2D eigenvalue weighted by atomic mass is 9.96. The van der Waals surface area contributed by atoms with Crippen LogP contribution in [0, 0.1) is 5.82 Å². The van der Waals surface area contributed by atoms with Crippen molar-refractivity contribution >= 4 is 41.1 Å². The molecule has 0 radical (unpaired) electrons. The Hall–Kier alpha value is -3.37. The van der Waals surface area contributed by atoms with Crippen LogP contribution in [0.4, 0.5) is 30.7 Å². The second kappa shape index (κ2) is 10.1. The summed E-state index contributed by atoms with van der Waals surface area (Å²) >= 11 is 11.2. The van der Waals surface area contributed by atoms with E-state index in [1.165, 1.54) is 24.3 Å². The second-order valence-corrected chi connectivity index (χ2v) is 9.15. The number of allylic oxidation sites excluding steroid dienone is 1. The van der Waals surface area contributed by atoms with E-state index in [-0.39, 0.29) is 16.7 Å². The number of nitrogens with zero attached hydrogens (tertiary/aromatic N) is 1. The second-order valence-electron chi connectivity index (χ2n) is 8.33. The monoisotopic (exact) mass is 575 g/mol. The summed E-state index contributed by atoms with van der Waals surface area (Å²) in [7, 11) is 0. The molecule has 38 heavy (non-hydrogen) atoms. The molecule has 0 spiro atoms. The Morgan fingerprint density at radius 2 is 1.39 bits per heavy atom. The Bertz CT molecular complexity index is 1410. The van der Waals surface area contributed by atoms with E-state index < -0.39 is 69.2 Å². The standard InChI is InChI=1S/C26H14Cl2F7NO2/c27-20-10-15(11-21(28)22(20)29)18(25(30,31)32)8-6-13-5-7-14(19(9-13)26(33,34)35)12-36-23(37)16-3-1-2-4-17(16)24(36)38/h1-11,18H,12H2. The molecule has 0 aromatic heterocycles. The van der Waals surface area contributed by atoms with Gasteiger partial charge in [0.25, 0.3) is 11.8 Å². The normalized spacial score (nSPS) is 14.9. The van der Waals surface area contributed by atoms with Crippen LogP contribution in [-0.2, 0) is 12.7 Å². The first-order valence-electron chi connectivity index (χ1n) is 10.7. The molecular weight excluding hydrogens is 562 g/mol. The molecule has 1 atom stereocenters. The van der Waals surface area contributed by atoms with Crippen LogP contribution in [0.25, 0.3) is 6.08 Å². The zero-order valence-corrected chi connectivity index (χ0v) is 20.3. The summed E-state index contributed by atoms with van der Waals surface area (Å²) in [5.74, 6) is -4.98. The van der Waals surface area contributed by atoms with Crippen LogP contribution >= 0.6 is 23.2 Å². The summed E-state index contributed by atoms with van der Waals surface area (Å²) < 4.78 is 96.5. The van der Waals surface area contributed by atoms with E-state index in [1.807, 2.05) is 0 Å². The van der Waals surface area contributed by atoms with Crippen molar-refractivity contribution in [3.8, 4) is 0 Å². The van der Waals surface area contributed by atoms with Crippen molar-refractivity contribution in [2.75, 3.05) is 0 Å². The largest absolute Gasteiger partial charge is 0.416 e. The average molecular weight is 576 g/mol. The molecule has 1 aliphatic heterocycles. The topological polar surface area (TPSA) is 37.4 Å². The number of fused-ring (bicyclic) bond motifs is 1. The molecule has 12 heteroatoms. The molecule has 1 heterocycles. The number of halogens is 9. The molecule has 3 nitrogen and oxygen atoms in total. The lowest BCUT2D eigenvalue weighted by molar-refractivity contribution is -0.140. The third-order valence-electron chi connectivity index (χ3n) is 5.85. The van der Waals surface area contributed by atoms with Crippen molar-refractivity contribution in [1.82, 2.24) is 4.90 Å². The molecule has 0 fully saturated rings. The van der Waals surface area contributed by atoms with Gasteiger partial charge in [-0.05, 0) is 47.0 Å². The van der Waals surface area contributed by atoms with Crippen LogP contribution < -0.4 is 0 Å². The number of benzene rings is 3. The van der Waals surface area contributed by atoms with Gasteiger partial charge in [0.2, 0.25) is 0 Å². The fraction of sp³-hybridized carbons (Fsp3) is 0.154. The van der Waals surface area contributed by atoms with Gasteiger partial charge in [0.1, 0.15) is 0 Å². The Morgan fingerprint density at radius 1 is 0.842 bits per heavy atom.